The van der Waals surface area contributed by atoms with E-state index in [4.69, 9.17) is 9.84 Å². The highest BCUT2D eigenvalue weighted by Crippen LogP contribution is 2.12. The molecule has 0 bridgehead atoms. The van der Waals surface area contributed by atoms with E-state index < -0.39 is 18.5 Å². The molecule has 0 atom stereocenters. The van der Waals surface area contributed by atoms with E-state index in [0.29, 0.717) is 12.2 Å². The van der Waals surface area contributed by atoms with Gasteiger partial charge in [0, 0.05) is 23.1 Å². The number of benzene rings is 2. The number of ether oxygens (including phenoxy) is 1. The fraction of sp³-hybridized carbons (Fsp3) is 0.105. The first-order valence-electron chi connectivity index (χ1n) is 7.49. The van der Waals surface area contributed by atoms with Crippen molar-refractivity contribution >= 4 is 22.8 Å². The highest BCUT2D eigenvalue weighted by atomic mass is 16.5. The SMILES string of the molecule is O=C(O)COC(=O)c1ccc2ccccc2[n+]1Cc1ccccc1. The van der Waals surface area contributed by atoms with Crippen molar-refractivity contribution in [3.05, 3.63) is 78.0 Å². The van der Waals surface area contributed by atoms with Crippen LogP contribution in [0, 0.1) is 0 Å². The van der Waals surface area contributed by atoms with Crippen LogP contribution >= 0.6 is 0 Å². The maximum Gasteiger partial charge on any atom is 0.404 e. The monoisotopic (exact) mass is 322 g/mol. The first-order chi connectivity index (χ1) is 11.6. The van der Waals surface area contributed by atoms with Crippen LogP contribution in [0.1, 0.15) is 16.1 Å². The third-order valence-corrected chi connectivity index (χ3v) is 3.66. The van der Waals surface area contributed by atoms with Crippen LogP contribution in [-0.2, 0) is 16.1 Å². The molecule has 1 N–H and O–H groups in total. The Balaban J connectivity index is 2.06. The number of carbonyl (C=O) groups is 2. The first kappa shape index (κ1) is 15.7. The Morgan fingerprint density at radius 3 is 2.38 bits per heavy atom. The minimum atomic E-state index is -1.18. The molecule has 3 rings (SSSR count). The highest BCUT2D eigenvalue weighted by Gasteiger charge is 2.24. The lowest BCUT2D eigenvalue weighted by Gasteiger charge is -2.07. The van der Waals surface area contributed by atoms with Crippen LogP contribution in [0.5, 0.6) is 0 Å². The van der Waals surface area contributed by atoms with Gasteiger partial charge in [0.25, 0.3) is 5.69 Å². The molecule has 120 valence electrons. The standard InChI is InChI=1S/C19H15NO4/c21-18(22)13-24-19(23)17-11-10-15-8-4-5-9-16(15)20(17)12-14-6-2-1-3-7-14/h1-11H,12-13H2/p+1. The molecule has 0 aliphatic rings. The number of rotatable bonds is 5. The van der Waals surface area contributed by atoms with Gasteiger partial charge in [-0.2, -0.15) is 4.57 Å². The molecule has 0 radical (unpaired) electrons. The Hall–Kier alpha value is -3.21. The van der Waals surface area contributed by atoms with E-state index in [9.17, 15) is 9.59 Å². The number of fused-ring (bicyclic) bond motifs is 1. The van der Waals surface area contributed by atoms with E-state index in [1.165, 1.54) is 0 Å². The first-order valence-corrected chi connectivity index (χ1v) is 7.49. The quantitative estimate of drug-likeness (QED) is 0.579. The molecule has 0 aliphatic heterocycles. The Labute approximate surface area is 138 Å². The zero-order chi connectivity index (χ0) is 16.9. The van der Waals surface area contributed by atoms with Gasteiger partial charge in [-0.1, -0.05) is 42.5 Å². The number of aromatic nitrogens is 1. The third kappa shape index (κ3) is 3.41. The summed E-state index contributed by atoms with van der Waals surface area (Å²) in [5, 5.41) is 9.69. The highest BCUT2D eigenvalue weighted by molar-refractivity contribution is 5.89. The predicted molar refractivity (Wildman–Crippen MR) is 87.6 cm³/mol. The molecule has 0 spiro atoms. The van der Waals surface area contributed by atoms with Crippen molar-refractivity contribution in [1.29, 1.82) is 0 Å². The van der Waals surface area contributed by atoms with E-state index in [1.54, 1.807) is 6.07 Å². The summed E-state index contributed by atoms with van der Waals surface area (Å²) in [5.74, 6) is -1.84. The normalized spacial score (nSPS) is 10.5. The van der Waals surface area contributed by atoms with E-state index in [0.717, 1.165) is 16.5 Å². The molecule has 0 fully saturated rings. The van der Waals surface area contributed by atoms with E-state index in [1.807, 2.05) is 65.2 Å². The number of carboxylic acid groups (broad SMARTS) is 1. The van der Waals surface area contributed by atoms with Crippen LogP contribution in [0.2, 0.25) is 0 Å². The number of hydrogen-bond donors (Lipinski definition) is 1. The van der Waals surface area contributed by atoms with Gasteiger partial charge in [-0.3, -0.25) is 0 Å². The minimum Gasteiger partial charge on any atom is -0.479 e. The maximum atomic E-state index is 12.3. The Kier molecular flexibility index (Phi) is 4.52. The van der Waals surface area contributed by atoms with Crippen molar-refractivity contribution in [3.63, 3.8) is 0 Å². The molecule has 1 heterocycles. The summed E-state index contributed by atoms with van der Waals surface area (Å²) < 4.78 is 6.70. The van der Waals surface area contributed by atoms with Crippen LogP contribution < -0.4 is 4.57 Å². The molecule has 0 saturated heterocycles. The van der Waals surface area contributed by atoms with E-state index >= 15 is 0 Å². The van der Waals surface area contributed by atoms with Gasteiger partial charge in [-0.05, 0) is 12.1 Å². The summed E-state index contributed by atoms with van der Waals surface area (Å²) in [6, 6.07) is 20.9. The molecule has 3 aromatic rings. The molecule has 1 aromatic heterocycles. The Morgan fingerprint density at radius 2 is 1.62 bits per heavy atom. The average Bonchev–Trinajstić information content (AvgIpc) is 2.61. The summed E-state index contributed by atoms with van der Waals surface area (Å²) in [6.07, 6.45) is 0. The number of esters is 1. The molecule has 5 nitrogen and oxygen atoms in total. The average molecular weight is 322 g/mol. The van der Waals surface area contributed by atoms with Gasteiger partial charge >= 0.3 is 11.9 Å². The second kappa shape index (κ2) is 6.91. The van der Waals surface area contributed by atoms with Gasteiger partial charge < -0.3 is 9.84 Å². The summed E-state index contributed by atoms with van der Waals surface area (Å²) in [7, 11) is 0. The molecule has 24 heavy (non-hydrogen) atoms. The molecule has 2 aromatic carbocycles. The minimum absolute atomic E-state index is 0.318. The molecule has 5 heteroatoms. The molecule has 0 aliphatic carbocycles. The Bertz CT molecular complexity index is 890. The number of carboxylic acids is 1. The fourth-order valence-corrected chi connectivity index (χ4v) is 2.58. The maximum absolute atomic E-state index is 12.3. The van der Waals surface area contributed by atoms with Crippen LogP contribution in [0.4, 0.5) is 0 Å². The number of carbonyl (C=O) groups excluding carboxylic acids is 1. The molecular weight excluding hydrogens is 306 g/mol. The van der Waals surface area contributed by atoms with Crippen molar-refractivity contribution in [2.45, 2.75) is 6.54 Å². The van der Waals surface area contributed by atoms with Gasteiger partial charge in [0.15, 0.2) is 13.2 Å². The van der Waals surface area contributed by atoms with Crippen LogP contribution in [0.25, 0.3) is 10.9 Å². The molecule has 0 saturated carbocycles. The predicted octanol–water partition coefficient (Wildman–Crippen LogP) is 2.42. The zero-order valence-electron chi connectivity index (χ0n) is 12.9. The van der Waals surface area contributed by atoms with Crippen molar-refractivity contribution in [2.24, 2.45) is 0 Å². The lowest BCUT2D eigenvalue weighted by Crippen LogP contribution is -2.42. The number of hydrogen-bond acceptors (Lipinski definition) is 3. The molecular formula is C19H16NO4+. The second-order valence-corrected chi connectivity index (χ2v) is 5.32. The second-order valence-electron chi connectivity index (χ2n) is 5.32. The topological polar surface area (TPSA) is 67.5 Å². The fourth-order valence-electron chi connectivity index (χ4n) is 2.58. The number of pyridine rings is 1. The largest absolute Gasteiger partial charge is 0.479 e. The van der Waals surface area contributed by atoms with Crippen LogP contribution in [0.3, 0.4) is 0 Å². The zero-order valence-corrected chi connectivity index (χ0v) is 12.9. The number of nitrogens with zero attached hydrogens (tertiary/aromatic N) is 1. The van der Waals surface area contributed by atoms with Gasteiger partial charge in [-0.15, -0.1) is 0 Å². The van der Waals surface area contributed by atoms with Gasteiger partial charge in [-0.25, -0.2) is 9.59 Å². The van der Waals surface area contributed by atoms with E-state index in [2.05, 4.69) is 0 Å². The van der Waals surface area contributed by atoms with Crippen molar-refractivity contribution in [3.8, 4) is 0 Å². The lowest BCUT2D eigenvalue weighted by atomic mass is 10.1. The number of para-hydroxylation sites is 1. The third-order valence-electron chi connectivity index (χ3n) is 3.66. The van der Waals surface area contributed by atoms with Crippen molar-refractivity contribution < 1.29 is 24.0 Å². The van der Waals surface area contributed by atoms with Crippen LogP contribution in [-0.4, -0.2) is 23.7 Å². The summed E-state index contributed by atoms with van der Waals surface area (Å²) in [6.45, 7) is -0.170. The summed E-state index contributed by atoms with van der Waals surface area (Å²) in [4.78, 5) is 22.9. The number of aliphatic carboxylic acids is 1. The Morgan fingerprint density at radius 1 is 0.917 bits per heavy atom. The van der Waals surface area contributed by atoms with Gasteiger partial charge in [0.1, 0.15) is 0 Å². The molecule has 0 unspecified atom stereocenters. The van der Waals surface area contributed by atoms with Gasteiger partial charge in [0.05, 0.1) is 0 Å². The summed E-state index contributed by atoms with van der Waals surface area (Å²) >= 11 is 0. The lowest BCUT2D eigenvalue weighted by molar-refractivity contribution is -0.665. The summed E-state index contributed by atoms with van der Waals surface area (Å²) in [5.41, 5.74) is 2.23. The smallest absolute Gasteiger partial charge is 0.404 e. The van der Waals surface area contributed by atoms with E-state index in [-0.39, 0.29) is 0 Å². The van der Waals surface area contributed by atoms with Crippen molar-refractivity contribution in [1.82, 2.24) is 0 Å². The van der Waals surface area contributed by atoms with Gasteiger partial charge in [0.2, 0.25) is 5.52 Å². The molecule has 0 amide bonds. The van der Waals surface area contributed by atoms with Crippen LogP contribution in [0.15, 0.2) is 66.7 Å². The van der Waals surface area contributed by atoms with Crippen molar-refractivity contribution in [2.75, 3.05) is 6.61 Å².